The van der Waals surface area contributed by atoms with E-state index in [4.69, 9.17) is 5.11 Å². The number of hydrogen-bond donors (Lipinski definition) is 1. The number of para-hydroxylation sites is 1. The minimum absolute atomic E-state index is 0.174. The number of aryl methyl sites for hydroxylation is 1. The van der Waals surface area contributed by atoms with Gasteiger partial charge in [-0.2, -0.15) is 0 Å². The molecule has 0 fully saturated rings. The minimum atomic E-state index is -1.02. The quantitative estimate of drug-likeness (QED) is 0.927. The molecule has 1 heterocycles. The maximum atomic E-state index is 13.6. The standard InChI is InChI=1S/C12H11FN2O2S/c1-7-10(11(16)17)18-12(14-7)15(2)9-6-4-3-5-8(9)13/h3-6H,1-2H3,(H,16,17). The van der Waals surface area contributed by atoms with Crippen molar-refractivity contribution in [2.75, 3.05) is 11.9 Å². The van der Waals surface area contributed by atoms with Crippen LogP contribution in [0.15, 0.2) is 24.3 Å². The Bertz CT molecular complexity index is 598. The first-order valence-corrected chi connectivity index (χ1v) is 6.01. The van der Waals surface area contributed by atoms with E-state index in [2.05, 4.69) is 4.98 Å². The van der Waals surface area contributed by atoms with Crippen LogP contribution >= 0.6 is 11.3 Å². The van der Waals surface area contributed by atoms with E-state index in [0.717, 1.165) is 11.3 Å². The van der Waals surface area contributed by atoms with Gasteiger partial charge in [-0.25, -0.2) is 14.2 Å². The molecule has 0 atom stereocenters. The van der Waals surface area contributed by atoms with E-state index in [9.17, 15) is 9.18 Å². The van der Waals surface area contributed by atoms with E-state index in [1.165, 1.54) is 6.07 Å². The predicted octanol–water partition coefficient (Wildman–Crippen LogP) is 3.06. The lowest BCUT2D eigenvalue weighted by molar-refractivity contribution is 0.0701. The summed E-state index contributed by atoms with van der Waals surface area (Å²) in [5, 5.41) is 9.42. The van der Waals surface area contributed by atoms with E-state index in [1.54, 1.807) is 37.1 Å². The van der Waals surface area contributed by atoms with Gasteiger partial charge in [0.05, 0.1) is 11.4 Å². The second kappa shape index (κ2) is 4.73. The Balaban J connectivity index is 2.41. The Morgan fingerprint density at radius 1 is 1.44 bits per heavy atom. The molecule has 1 aromatic carbocycles. The molecule has 0 unspecified atom stereocenters. The molecule has 1 N–H and O–H groups in total. The fraction of sp³-hybridized carbons (Fsp3) is 0.167. The highest BCUT2D eigenvalue weighted by molar-refractivity contribution is 7.17. The summed E-state index contributed by atoms with van der Waals surface area (Å²) in [5.41, 5.74) is 0.800. The van der Waals surface area contributed by atoms with Gasteiger partial charge in [0.2, 0.25) is 0 Å². The molecule has 0 aliphatic carbocycles. The zero-order chi connectivity index (χ0) is 13.3. The SMILES string of the molecule is Cc1nc(N(C)c2ccccc2F)sc1C(=O)O. The van der Waals surface area contributed by atoms with Gasteiger partial charge >= 0.3 is 5.97 Å². The first-order valence-electron chi connectivity index (χ1n) is 5.19. The minimum Gasteiger partial charge on any atom is -0.477 e. The molecule has 0 spiro atoms. The number of carboxylic acids is 1. The summed E-state index contributed by atoms with van der Waals surface area (Å²) in [6.45, 7) is 1.62. The van der Waals surface area contributed by atoms with Crippen LogP contribution in [0, 0.1) is 12.7 Å². The molecule has 6 heteroatoms. The van der Waals surface area contributed by atoms with Crippen molar-refractivity contribution in [1.29, 1.82) is 0 Å². The monoisotopic (exact) mass is 266 g/mol. The van der Waals surface area contributed by atoms with Crippen LogP contribution in [0.1, 0.15) is 15.4 Å². The van der Waals surface area contributed by atoms with Gasteiger partial charge < -0.3 is 10.0 Å². The maximum absolute atomic E-state index is 13.6. The molecule has 0 saturated heterocycles. The summed E-state index contributed by atoms with van der Waals surface area (Å²) in [6.07, 6.45) is 0. The fourth-order valence-electron chi connectivity index (χ4n) is 1.55. The first kappa shape index (κ1) is 12.5. The summed E-state index contributed by atoms with van der Waals surface area (Å²) >= 11 is 1.03. The van der Waals surface area contributed by atoms with Crippen molar-refractivity contribution in [1.82, 2.24) is 4.98 Å². The molecule has 0 amide bonds. The first-order chi connectivity index (χ1) is 8.50. The van der Waals surface area contributed by atoms with Gasteiger partial charge in [-0.3, -0.25) is 0 Å². The van der Waals surface area contributed by atoms with E-state index in [1.807, 2.05) is 0 Å². The third-order valence-corrected chi connectivity index (χ3v) is 3.70. The van der Waals surface area contributed by atoms with Crippen molar-refractivity contribution < 1.29 is 14.3 Å². The molecular weight excluding hydrogens is 255 g/mol. The highest BCUT2D eigenvalue weighted by Crippen LogP contribution is 2.31. The van der Waals surface area contributed by atoms with Crippen LogP contribution in [0.5, 0.6) is 0 Å². The molecule has 4 nitrogen and oxygen atoms in total. The van der Waals surface area contributed by atoms with Gasteiger partial charge in [-0.1, -0.05) is 23.5 Å². The van der Waals surface area contributed by atoms with Crippen molar-refractivity contribution in [2.45, 2.75) is 6.92 Å². The topological polar surface area (TPSA) is 53.4 Å². The summed E-state index contributed by atoms with van der Waals surface area (Å²) in [4.78, 5) is 16.8. The Kier molecular flexibility index (Phi) is 3.29. The van der Waals surface area contributed by atoms with Gasteiger partial charge in [0, 0.05) is 7.05 Å². The van der Waals surface area contributed by atoms with Crippen molar-refractivity contribution in [2.24, 2.45) is 0 Å². The molecule has 18 heavy (non-hydrogen) atoms. The van der Waals surface area contributed by atoms with Crippen molar-refractivity contribution in [3.63, 3.8) is 0 Å². The van der Waals surface area contributed by atoms with Crippen molar-refractivity contribution in [3.8, 4) is 0 Å². The second-order valence-electron chi connectivity index (χ2n) is 3.73. The molecule has 94 valence electrons. The van der Waals surface area contributed by atoms with Crippen LogP contribution in [-0.4, -0.2) is 23.1 Å². The summed E-state index contributed by atoms with van der Waals surface area (Å²) in [6, 6.07) is 6.28. The molecule has 0 aliphatic rings. The third-order valence-electron chi connectivity index (χ3n) is 2.48. The maximum Gasteiger partial charge on any atom is 0.347 e. The number of anilines is 2. The van der Waals surface area contributed by atoms with Gasteiger partial charge in [0.25, 0.3) is 0 Å². The predicted molar refractivity (Wildman–Crippen MR) is 68.3 cm³/mol. The van der Waals surface area contributed by atoms with E-state index in [0.29, 0.717) is 16.5 Å². The number of nitrogens with zero attached hydrogens (tertiary/aromatic N) is 2. The molecule has 0 radical (unpaired) electrons. The number of aromatic carboxylic acids is 1. The van der Waals surface area contributed by atoms with E-state index >= 15 is 0 Å². The Labute approximate surface area is 107 Å². The summed E-state index contributed by atoms with van der Waals surface area (Å²) < 4.78 is 13.6. The van der Waals surface area contributed by atoms with Crippen LogP contribution in [0.25, 0.3) is 0 Å². The number of benzene rings is 1. The lowest BCUT2D eigenvalue weighted by Crippen LogP contribution is -2.10. The van der Waals surface area contributed by atoms with Crippen LogP contribution < -0.4 is 4.90 Å². The largest absolute Gasteiger partial charge is 0.477 e. The van der Waals surface area contributed by atoms with Gasteiger partial charge in [0.1, 0.15) is 10.7 Å². The van der Waals surface area contributed by atoms with Gasteiger partial charge in [0.15, 0.2) is 5.13 Å². The highest BCUT2D eigenvalue weighted by Gasteiger charge is 2.18. The molecule has 1 aromatic heterocycles. The number of rotatable bonds is 3. The van der Waals surface area contributed by atoms with Gasteiger partial charge in [-0.15, -0.1) is 0 Å². The zero-order valence-corrected chi connectivity index (χ0v) is 10.7. The van der Waals surface area contributed by atoms with E-state index in [-0.39, 0.29) is 10.7 Å². The number of aromatic nitrogens is 1. The van der Waals surface area contributed by atoms with Crippen molar-refractivity contribution in [3.05, 3.63) is 40.7 Å². The molecule has 0 aliphatic heterocycles. The van der Waals surface area contributed by atoms with Crippen LogP contribution in [0.3, 0.4) is 0 Å². The molecular formula is C12H11FN2O2S. The Hall–Kier alpha value is -1.95. The molecule has 2 aromatic rings. The smallest absolute Gasteiger partial charge is 0.347 e. The van der Waals surface area contributed by atoms with Crippen LogP contribution in [0.4, 0.5) is 15.2 Å². The number of halogens is 1. The summed E-state index contributed by atoms with van der Waals surface area (Å²) in [7, 11) is 1.66. The fourth-order valence-corrected chi connectivity index (χ4v) is 2.43. The summed E-state index contributed by atoms with van der Waals surface area (Å²) in [5.74, 6) is -1.39. The Morgan fingerprint density at radius 3 is 2.67 bits per heavy atom. The lowest BCUT2D eigenvalue weighted by Gasteiger charge is -2.16. The molecule has 2 rings (SSSR count). The Morgan fingerprint density at radius 2 is 2.11 bits per heavy atom. The highest BCUT2D eigenvalue weighted by atomic mass is 32.1. The van der Waals surface area contributed by atoms with Crippen molar-refractivity contribution >= 4 is 28.1 Å². The number of thiazole rings is 1. The van der Waals surface area contributed by atoms with Gasteiger partial charge in [-0.05, 0) is 19.1 Å². The van der Waals surface area contributed by atoms with Crippen LogP contribution in [-0.2, 0) is 0 Å². The number of carboxylic acid groups (broad SMARTS) is 1. The average molecular weight is 266 g/mol. The number of hydrogen-bond acceptors (Lipinski definition) is 4. The van der Waals surface area contributed by atoms with Crippen LogP contribution in [0.2, 0.25) is 0 Å². The number of carbonyl (C=O) groups is 1. The molecule has 0 bridgehead atoms. The lowest BCUT2D eigenvalue weighted by atomic mass is 10.3. The van der Waals surface area contributed by atoms with E-state index < -0.39 is 5.97 Å². The zero-order valence-electron chi connectivity index (χ0n) is 9.85. The second-order valence-corrected chi connectivity index (χ2v) is 4.70. The molecule has 0 saturated carbocycles. The normalized spacial score (nSPS) is 10.4. The third kappa shape index (κ3) is 2.19. The average Bonchev–Trinajstić information content (AvgIpc) is 2.71.